The molecular weight excluding hydrogens is 224 g/mol. The normalized spacial score (nSPS) is 16.3. The summed E-state index contributed by atoms with van der Waals surface area (Å²) < 4.78 is 0. The molecule has 0 saturated carbocycles. The Morgan fingerprint density at radius 2 is 1.81 bits per heavy atom. The maximum Gasteiger partial charge on any atom is 0.254 e. The van der Waals surface area contributed by atoms with Crippen LogP contribution < -0.4 is 0 Å². The van der Waals surface area contributed by atoms with Gasteiger partial charge < -0.3 is 9.80 Å². The number of piperazine rings is 1. The molecule has 2 heterocycles. The Hall–Kier alpha value is -1.36. The second-order valence-corrected chi connectivity index (χ2v) is 4.59. The number of hydrogen-bond acceptors (Lipinski definition) is 3. The highest BCUT2D eigenvalue weighted by Gasteiger charge is 2.23. The van der Waals surface area contributed by atoms with E-state index in [4.69, 9.17) is 0 Å². The molecule has 2 rings (SSSR count). The number of hydrogen-bond donors (Lipinski definition) is 0. The molecule has 86 valence electrons. The minimum absolute atomic E-state index is 0.0736. The van der Waals surface area contributed by atoms with Crippen LogP contribution in [0.1, 0.15) is 17.3 Å². The Morgan fingerprint density at radius 3 is 2.31 bits per heavy atom. The highest BCUT2D eigenvalue weighted by Crippen LogP contribution is 2.11. The molecule has 2 amide bonds. The second kappa shape index (κ2) is 4.65. The zero-order valence-electron chi connectivity index (χ0n) is 9.18. The third-order valence-corrected chi connectivity index (χ3v) is 3.46. The van der Waals surface area contributed by atoms with Crippen LogP contribution in [0.3, 0.4) is 0 Å². The van der Waals surface area contributed by atoms with E-state index in [9.17, 15) is 9.59 Å². The maximum atomic E-state index is 12.0. The van der Waals surface area contributed by atoms with Gasteiger partial charge in [-0.3, -0.25) is 9.59 Å². The van der Waals surface area contributed by atoms with Crippen LogP contribution in [0.4, 0.5) is 0 Å². The molecule has 0 spiro atoms. The van der Waals surface area contributed by atoms with Gasteiger partial charge in [-0.2, -0.15) is 11.3 Å². The SMILES string of the molecule is CC(=O)N1CCN(C(=O)c2ccsc2)CC1. The Kier molecular flexibility index (Phi) is 3.24. The summed E-state index contributed by atoms with van der Waals surface area (Å²) in [5, 5.41) is 3.76. The van der Waals surface area contributed by atoms with Gasteiger partial charge in [0.25, 0.3) is 5.91 Å². The zero-order valence-corrected chi connectivity index (χ0v) is 10.00. The van der Waals surface area contributed by atoms with Gasteiger partial charge in [0.1, 0.15) is 0 Å². The van der Waals surface area contributed by atoms with Gasteiger partial charge in [0, 0.05) is 38.5 Å². The van der Waals surface area contributed by atoms with Crippen LogP contribution in [0.2, 0.25) is 0 Å². The first-order chi connectivity index (χ1) is 7.68. The van der Waals surface area contributed by atoms with Gasteiger partial charge in [-0.1, -0.05) is 0 Å². The summed E-state index contributed by atoms with van der Waals surface area (Å²) in [6.45, 7) is 4.12. The van der Waals surface area contributed by atoms with Crippen molar-refractivity contribution in [2.45, 2.75) is 6.92 Å². The molecule has 0 unspecified atom stereocenters. The lowest BCUT2D eigenvalue weighted by Gasteiger charge is -2.34. The number of carbonyl (C=O) groups excluding carboxylic acids is 2. The van der Waals surface area contributed by atoms with Gasteiger partial charge in [-0.25, -0.2) is 0 Å². The largest absolute Gasteiger partial charge is 0.339 e. The van der Waals surface area contributed by atoms with Gasteiger partial charge in [0.2, 0.25) is 5.91 Å². The molecule has 0 aromatic carbocycles. The van der Waals surface area contributed by atoms with E-state index >= 15 is 0 Å². The van der Waals surface area contributed by atoms with Crippen molar-refractivity contribution in [3.63, 3.8) is 0 Å². The van der Waals surface area contributed by atoms with E-state index in [1.807, 2.05) is 21.7 Å². The van der Waals surface area contributed by atoms with Crippen molar-refractivity contribution in [1.29, 1.82) is 0 Å². The Balaban J connectivity index is 1.94. The predicted molar refractivity (Wildman–Crippen MR) is 62.5 cm³/mol. The lowest BCUT2D eigenvalue weighted by molar-refractivity contribution is -0.130. The molecule has 0 bridgehead atoms. The van der Waals surface area contributed by atoms with E-state index in [0.29, 0.717) is 26.2 Å². The number of rotatable bonds is 1. The molecule has 1 aromatic heterocycles. The monoisotopic (exact) mass is 238 g/mol. The molecule has 0 N–H and O–H groups in total. The van der Waals surface area contributed by atoms with E-state index < -0.39 is 0 Å². The van der Waals surface area contributed by atoms with Crippen molar-refractivity contribution >= 4 is 23.2 Å². The topological polar surface area (TPSA) is 40.6 Å². The van der Waals surface area contributed by atoms with E-state index in [-0.39, 0.29) is 11.8 Å². The minimum Gasteiger partial charge on any atom is -0.339 e. The van der Waals surface area contributed by atoms with Crippen LogP contribution in [-0.2, 0) is 4.79 Å². The van der Waals surface area contributed by atoms with Crippen LogP contribution in [0.5, 0.6) is 0 Å². The lowest BCUT2D eigenvalue weighted by atomic mass is 10.2. The van der Waals surface area contributed by atoms with Crippen LogP contribution in [0.25, 0.3) is 0 Å². The van der Waals surface area contributed by atoms with Crippen molar-refractivity contribution in [3.8, 4) is 0 Å². The number of amides is 2. The molecule has 1 aliphatic rings. The first-order valence-corrected chi connectivity index (χ1v) is 6.20. The molecule has 1 fully saturated rings. The maximum absolute atomic E-state index is 12.0. The van der Waals surface area contributed by atoms with Crippen LogP contribution in [0.15, 0.2) is 16.8 Å². The average molecular weight is 238 g/mol. The summed E-state index contributed by atoms with van der Waals surface area (Å²) in [5.41, 5.74) is 0.751. The van der Waals surface area contributed by atoms with Gasteiger partial charge >= 0.3 is 0 Å². The standard InChI is InChI=1S/C11H14N2O2S/c1-9(14)12-3-5-13(6-4-12)11(15)10-2-7-16-8-10/h2,7-8H,3-6H2,1H3. The fourth-order valence-electron chi connectivity index (χ4n) is 1.79. The molecule has 1 saturated heterocycles. The van der Waals surface area contributed by atoms with Crippen molar-refractivity contribution in [1.82, 2.24) is 9.80 Å². The summed E-state index contributed by atoms with van der Waals surface area (Å²) in [5.74, 6) is 0.159. The second-order valence-electron chi connectivity index (χ2n) is 3.81. The van der Waals surface area contributed by atoms with E-state index in [1.165, 1.54) is 11.3 Å². The van der Waals surface area contributed by atoms with E-state index in [1.54, 1.807) is 11.8 Å². The van der Waals surface area contributed by atoms with Gasteiger partial charge in [0.05, 0.1) is 5.56 Å². The molecule has 0 atom stereocenters. The first-order valence-electron chi connectivity index (χ1n) is 5.25. The molecular formula is C11H14N2O2S. The fraction of sp³-hybridized carbons (Fsp3) is 0.455. The van der Waals surface area contributed by atoms with Crippen molar-refractivity contribution < 1.29 is 9.59 Å². The summed E-state index contributed by atoms with van der Waals surface area (Å²) in [4.78, 5) is 26.7. The van der Waals surface area contributed by atoms with Crippen LogP contribution in [-0.4, -0.2) is 47.8 Å². The van der Waals surface area contributed by atoms with Crippen molar-refractivity contribution in [2.24, 2.45) is 0 Å². The predicted octanol–water partition coefficient (Wildman–Crippen LogP) is 1.05. The molecule has 16 heavy (non-hydrogen) atoms. The van der Waals surface area contributed by atoms with Crippen molar-refractivity contribution in [2.75, 3.05) is 26.2 Å². The molecule has 1 aromatic rings. The van der Waals surface area contributed by atoms with E-state index in [0.717, 1.165) is 5.56 Å². The third-order valence-electron chi connectivity index (χ3n) is 2.78. The van der Waals surface area contributed by atoms with Gasteiger partial charge in [-0.05, 0) is 11.4 Å². The highest BCUT2D eigenvalue weighted by molar-refractivity contribution is 7.08. The quantitative estimate of drug-likeness (QED) is 0.734. The number of nitrogens with zero attached hydrogens (tertiary/aromatic N) is 2. The number of thiophene rings is 1. The summed E-state index contributed by atoms with van der Waals surface area (Å²) >= 11 is 1.53. The molecule has 1 aliphatic heterocycles. The van der Waals surface area contributed by atoms with Gasteiger partial charge in [0.15, 0.2) is 0 Å². The van der Waals surface area contributed by atoms with Crippen molar-refractivity contribution in [3.05, 3.63) is 22.4 Å². The minimum atomic E-state index is 0.0736. The summed E-state index contributed by atoms with van der Waals surface area (Å²) in [6.07, 6.45) is 0. The third kappa shape index (κ3) is 2.24. The Bertz CT molecular complexity index is 381. The Labute approximate surface area is 98.5 Å². The molecule has 4 nitrogen and oxygen atoms in total. The highest BCUT2D eigenvalue weighted by atomic mass is 32.1. The summed E-state index contributed by atoms with van der Waals surface area (Å²) in [6, 6.07) is 1.84. The van der Waals surface area contributed by atoms with E-state index in [2.05, 4.69) is 0 Å². The van der Waals surface area contributed by atoms with Crippen LogP contribution >= 0.6 is 11.3 Å². The first kappa shape index (κ1) is 11.1. The molecule has 0 radical (unpaired) electrons. The average Bonchev–Trinajstić information content (AvgIpc) is 2.81. The number of carbonyl (C=O) groups is 2. The zero-order chi connectivity index (χ0) is 11.5. The fourth-order valence-corrected chi connectivity index (χ4v) is 2.42. The molecule has 0 aliphatic carbocycles. The van der Waals surface area contributed by atoms with Crippen LogP contribution in [0, 0.1) is 0 Å². The summed E-state index contributed by atoms with van der Waals surface area (Å²) in [7, 11) is 0. The van der Waals surface area contributed by atoms with Gasteiger partial charge in [-0.15, -0.1) is 0 Å². The smallest absolute Gasteiger partial charge is 0.254 e. The lowest BCUT2D eigenvalue weighted by Crippen LogP contribution is -2.50. The molecule has 5 heteroatoms. The Morgan fingerprint density at radius 1 is 1.19 bits per heavy atom.